The summed E-state index contributed by atoms with van der Waals surface area (Å²) in [4.78, 5) is 0. The van der Waals surface area contributed by atoms with E-state index in [4.69, 9.17) is 4.42 Å². The minimum absolute atomic E-state index is 0.895. The molecule has 4 heterocycles. The average molecular weight is 614 g/mol. The van der Waals surface area contributed by atoms with Gasteiger partial charge < -0.3 is 8.98 Å². The van der Waals surface area contributed by atoms with Crippen LogP contribution in [0, 0.1) is 0 Å². The SMILES string of the molecule is c1cc(-n2c3ccccc3c3ccccc32)cc(-n2c3ccccc3c3c4ccccc4n(-c4ccc5oc6ccccc6c5c4)c32)c1. The predicted molar refractivity (Wildman–Crippen MR) is 199 cm³/mol. The smallest absolute Gasteiger partial charge is 0.135 e. The summed E-state index contributed by atoms with van der Waals surface area (Å²) in [7, 11) is 0. The first-order chi connectivity index (χ1) is 23.8. The van der Waals surface area contributed by atoms with Gasteiger partial charge in [0.15, 0.2) is 0 Å². The fraction of sp³-hybridized carbons (Fsp3) is 0. The second kappa shape index (κ2) is 9.50. The molecule has 0 unspecified atom stereocenters. The van der Waals surface area contributed by atoms with E-state index in [0.717, 1.165) is 44.6 Å². The first-order valence-corrected chi connectivity index (χ1v) is 16.4. The molecule has 0 aliphatic heterocycles. The number of rotatable bonds is 3. The number of furan rings is 1. The van der Waals surface area contributed by atoms with Gasteiger partial charge in [-0.25, -0.2) is 0 Å². The van der Waals surface area contributed by atoms with Crippen LogP contribution in [0.4, 0.5) is 0 Å². The van der Waals surface area contributed by atoms with Crippen LogP contribution in [0.15, 0.2) is 168 Å². The summed E-state index contributed by atoms with van der Waals surface area (Å²) in [5, 5.41) is 8.48. The maximum absolute atomic E-state index is 6.23. The molecule has 0 aliphatic rings. The standard InChI is InChI=1S/C44H27N3O/c1-6-19-37-31(14-1)32-15-2-7-20-38(32)45(37)28-12-11-13-29(26-28)46-39-21-8-3-17-34(39)43-35-18-4-9-22-40(35)47(44(43)46)30-24-25-42-36(27-30)33-16-5-10-23-41(33)48-42/h1-27H. The van der Waals surface area contributed by atoms with Crippen molar-refractivity contribution in [1.29, 1.82) is 0 Å². The number of aromatic nitrogens is 3. The number of fused-ring (bicyclic) bond motifs is 11. The Morgan fingerprint density at radius 2 is 0.771 bits per heavy atom. The summed E-state index contributed by atoms with van der Waals surface area (Å²) in [5.41, 5.74) is 11.0. The maximum Gasteiger partial charge on any atom is 0.135 e. The zero-order valence-electron chi connectivity index (χ0n) is 25.8. The van der Waals surface area contributed by atoms with Gasteiger partial charge in [0, 0.05) is 54.8 Å². The molecule has 11 aromatic rings. The summed E-state index contributed by atoms with van der Waals surface area (Å²) in [6, 6.07) is 58.8. The van der Waals surface area contributed by atoms with E-state index in [-0.39, 0.29) is 0 Å². The molecule has 224 valence electrons. The third kappa shape index (κ3) is 3.38. The molecule has 0 saturated carbocycles. The van der Waals surface area contributed by atoms with E-state index in [1.807, 2.05) is 12.1 Å². The minimum Gasteiger partial charge on any atom is -0.456 e. The van der Waals surface area contributed by atoms with Crippen LogP contribution in [0.25, 0.3) is 93.6 Å². The molecule has 11 rings (SSSR count). The number of hydrogen-bond acceptors (Lipinski definition) is 1. The Balaban J connectivity index is 1.25. The molecule has 0 atom stereocenters. The summed E-state index contributed by atoms with van der Waals surface area (Å²) >= 11 is 0. The monoisotopic (exact) mass is 613 g/mol. The molecule has 0 N–H and O–H groups in total. The van der Waals surface area contributed by atoms with Crippen molar-refractivity contribution in [1.82, 2.24) is 13.7 Å². The lowest BCUT2D eigenvalue weighted by Crippen LogP contribution is -2.03. The highest BCUT2D eigenvalue weighted by molar-refractivity contribution is 6.22. The third-order valence-corrected chi connectivity index (χ3v) is 10.0. The number of benzene rings is 7. The number of para-hydroxylation sites is 5. The van der Waals surface area contributed by atoms with E-state index in [2.05, 4.69) is 165 Å². The van der Waals surface area contributed by atoms with E-state index in [1.165, 1.54) is 49.0 Å². The van der Waals surface area contributed by atoms with Crippen LogP contribution in [0.3, 0.4) is 0 Å². The zero-order chi connectivity index (χ0) is 31.3. The Kier molecular flexibility index (Phi) is 5.08. The predicted octanol–water partition coefficient (Wildman–Crippen LogP) is 11.7. The van der Waals surface area contributed by atoms with Crippen molar-refractivity contribution < 1.29 is 4.42 Å². The van der Waals surface area contributed by atoms with Crippen LogP contribution in [0.2, 0.25) is 0 Å². The molecule has 0 bridgehead atoms. The van der Waals surface area contributed by atoms with Gasteiger partial charge in [0.25, 0.3) is 0 Å². The lowest BCUT2D eigenvalue weighted by atomic mass is 10.1. The van der Waals surface area contributed by atoms with E-state index in [1.54, 1.807) is 0 Å². The van der Waals surface area contributed by atoms with Gasteiger partial charge in [-0.1, -0.05) is 97.1 Å². The maximum atomic E-state index is 6.23. The van der Waals surface area contributed by atoms with Gasteiger partial charge in [-0.2, -0.15) is 0 Å². The van der Waals surface area contributed by atoms with Gasteiger partial charge in [-0.15, -0.1) is 0 Å². The van der Waals surface area contributed by atoms with E-state index >= 15 is 0 Å². The van der Waals surface area contributed by atoms with Crippen molar-refractivity contribution in [3.8, 4) is 17.1 Å². The van der Waals surface area contributed by atoms with Crippen molar-refractivity contribution in [2.45, 2.75) is 0 Å². The average Bonchev–Trinajstić information content (AvgIpc) is 3.87. The molecule has 7 aromatic carbocycles. The summed E-state index contributed by atoms with van der Waals surface area (Å²) < 4.78 is 13.5. The molecule has 48 heavy (non-hydrogen) atoms. The van der Waals surface area contributed by atoms with Gasteiger partial charge in [0.1, 0.15) is 16.8 Å². The molecule has 0 amide bonds. The number of hydrogen-bond donors (Lipinski definition) is 0. The van der Waals surface area contributed by atoms with Crippen LogP contribution in [-0.2, 0) is 0 Å². The van der Waals surface area contributed by atoms with Crippen molar-refractivity contribution in [2.24, 2.45) is 0 Å². The summed E-state index contributed by atoms with van der Waals surface area (Å²) in [5.74, 6) is 0. The van der Waals surface area contributed by atoms with Crippen molar-refractivity contribution in [3.63, 3.8) is 0 Å². The van der Waals surface area contributed by atoms with Crippen molar-refractivity contribution >= 4 is 76.6 Å². The lowest BCUT2D eigenvalue weighted by molar-refractivity contribution is 0.669. The highest BCUT2D eigenvalue weighted by atomic mass is 16.3. The molecular formula is C44H27N3O. The molecule has 0 saturated heterocycles. The molecular weight excluding hydrogens is 587 g/mol. The summed E-state index contributed by atoms with van der Waals surface area (Å²) in [6.07, 6.45) is 0. The van der Waals surface area contributed by atoms with Crippen LogP contribution < -0.4 is 0 Å². The Labute approximate surface area is 274 Å². The van der Waals surface area contributed by atoms with Crippen LogP contribution in [0.5, 0.6) is 0 Å². The quantitative estimate of drug-likeness (QED) is 0.195. The Morgan fingerprint density at radius 1 is 0.312 bits per heavy atom. The lowest BCUT2D eigenvalue weighted by Gasteiger charge is -2.15. The van der Waals surface area contributed by atoms with Crippen molar-refractivity contribution in [2.75, 3.05) is 0 Å². The molecule has 0 aliphatic carbocycles. The van der Waals surface area contributed by atoms with Crippen LogP contribution in [0.1, 0.15) is 0 Å². The topological polar surface area (TPSA) is 27.9 Å². The molecule has 4 nitrogen and oxygen atoms in total. The molecule has 0 fully saturated rings. The van der Waals surface area contributed by atoms with E-state index < -0.39 is 0 Å². The van der Waals surface area contributed by atoms with Gasteiger partial charge in [-0.3, -0.25) is 9.13 Å². The first kappa shape index (κ1) is 25.6. The molecule has 0 spiro atoms. The molecule has 4 aromatic heterocycles. The largest absolute Gasteiger partial charge is 0.456 e. The molecule has 4 heteroatoms. The normalized spacial score (nSPS) is 12.2. The first-order valence-electron chi connectivity index (χ1n) is 16.4. The minimum atomic E-state index is 0.895. The summed E-state index contributed by atoms with van der Waals surface area (Å²) in [6.45, 7) is 0. The highest BCUT2D eigenvalue weighted by Gasteiger charge is 2.23. The fourth-order valence-electron chi connectivity index (χ4n) is 8.05. The second-order valence-corrected chi connectivity index (χ2v) is 12.6. The van der Waals surface area contributed by atoms with Crippen LogP contribution in [-0.4, -0.2) is 13.7 Å². The number of nitrogens with zero attached hydrogens (tertiary/aromatic N) is 3. The fourth-order valence-corrected chi connectivity index (χ4v) is 8.05. The van der Waals surface area contributed by atoms with Gasteiger partial charge in [0.2, 0.25) is 0 Å². The second-order valence-electron chi connectivity index (χ2n) is 12.6. The Morgan fingerprint density at radius 3 is 1.40 bits per heavy atom. The highest BCUT2D eigenvalue weighted by Crippen LogP contribution is 2.42. The van der Waals surface area contributed by atoms with Crippen molar-refractivity contribution in [3.05, 3.63) is 164 Å². The van der Waals surface area contributed by atoms with Gasteiger partial charge in [0.05, 0.1) is 22.1 Å². The third-order valence-electron chi connectivity index (χ3n) is 10.0. The Hall–Kier alpha value is -6.52. The van der Waals surface area contributed by atoms with Gasteiger partial charge >= 0.3 is 0 Å². The Bertz CT molecular complexity index is 3020. The van der Waals surface area contributed by atoms with Crippen LogP contribution >= 0.6 is 0 Å². The zero-order valence-corrected chi connectivity index (χ0v) is 25.8. The molecule has 0 radical (unpaired) electrons. The van der Waals surface area contributed by atoms with E-state index in [0.29, 0.717) is 0 Å². The van der Waals surface area contributed by atoms with E-state index in [9.17, 15) is 0 Å². The van der Waals surface area contributed by atoms with Gasteiger partial charge in [-0.05, 0) is 66.7 Å².